The van der Waals surface area contributed by atoms with Crippen molar-refractivity contribution in [2.75, 3.05) is 6.61 Å². The Morgan fingerprint density at radius 3 is 1.92 bits per heavy atom. The third kappa shape index (κ3) is 5.82. The van der Waals surface area contributed by atoms with Crippen molar-refractivity contribution in [2.45, 2.75) is 85.5 Å². The van der Waals surface area contributed by atoms with Crippen LogP contribution in [-0.4, -0.2) is 23.0 Å². The van der Waals surface area contributed by atoms with E-state index in [1.54, 1.807) is 0 Å². The van der Waals surface area contributed by atoms with Gasteiger partial charge >= 0.3 is 6.16 Å². The van der Waals surface area contributed by atoms with E-state index >= 15 is 0 Å². The van der Waals surface area contributed by atoms with Crippen LogP contribution in [0.1, 0.15) is 82.9 Å². The molecule has 0 saturated carbocycles. The zero-order valence-electron chi connectivity index (χ0n) is 16.7. The number of phenols is 1. The predicted octanol–water partition coefficient (Wildman–Crippen LogP) is 5.88. The zero-order valence-corrected chi connectivity index (χ0v) is 16.7. The van der Waals surface area contributed by atoms with Crippen LogP contribution in [-0.2, 0) is 19.3 Å². The lowest BCUT2D eigenvalue weighted by Gasteiger charge is -2.23. The highest BCUT2D eigenvalue weighted by molar-refractivity contribution is 5.70. The Morgan fingerprint density at radius 2 is 1.38 bits per heavy atom. The van der Waals surface area contributed by atoms with Crippen molar-refractivity contribution in [3.63, 3.8) is 0 Å². The van der Waals surface area contributed by atoms with Gasteiger partial charge in [-0.3, -0.25) is 0 Å². The maximum absolute atomic E-state index is 11.2. The molecule has 0 unspecified atom stereocenters. The second kappa shape index (κ2) is 11.7. The van der Waals surface area contributed by atoms with Gasteiger partial charge in [0.05, 0.1) is 6.61 Å². The Morgan fingerprint density at radius 1 is 0.808 bits per heavy atom. The molecule has 2 N–H and O–H groups in total. The number of hydrogen-bond donors (Lipinski definition) is 2. The number of ether oxygens (including phenoxy) is 2. The van der Waals surface area contributed by atoms with Crippen LogP contribution in [0.15, 0.2) is 0 Å². The molecule has 0 atom stereocenters. The third-order valence-electron chi connectivity index (χ3n) is 4.39. The van der Waals surface area contributed by atoms with Crippen LogP contribution in [0.2, 0.25) is 0 Å². The van der Waals surface area contributed by atoms with Crippen molar-refractivity contribution in [3.05, 3.63) is 16.7 Å². The summed E-state index contributed by atoms with van der Waals surface area (Å²) in [6.45, 7) is 8.83. The summed E-state index contributed by atoms with van der Waals surface area (Å²) >= 11 is 0. The van der Waals surface area contributed by atoms with Crippen LogP contribution in [0, 0.1) is 0 Å². The van der Waals surface area contributed by atoms with E-state index in [1.807, 2.05) is 6.92 Å². The molecule has 0 fully saturated rings. The van der Waals surface area contributed by atoms with E-state index in [0.717, 1.165) is 68.1 Å². The van der Waals surface area contributed by atoms with Crippen molar-refractivity contribution in [1.82, 2.24) is 0 Å². The fourth-order valence-electron chi connectivity index (χ4n) is 3.29. The SMILES string of the molecule is CCCCCOc1c(CCC)c(CCC)c(CCC)c(O)c1OC(=O)O. The topological polar surface area (TPSA) is 76.0 Å². The normalized spacial score (nSPS) is 10.8. The largest absolute Gasteiger partial charge is 0.511 e. The lowest BCUT2D eigenvalue weighted by molar-refractivity contribution is 0.140. The molecule has 1 rings (SSSR count). The molecule has 0 heterocycles. The Bertz CT molecular complexity index is 580. The Balaban J connectivity index is 3.53. The second-order valence-corrected chi connectivity index (χ2v) is 6.62. The van der Waals surface area contributed by atoms with E-state index in [1.165, 1.54) is 0 Å². The highest BCUT2D eigenvalue weighted by atomic mass is 16.7. The van der Waals surface area contributed by atoms with E-state index in [2.05, 4.69) is 20.8 Å². The van der Waals surface area contributed by atoms with Crippen LogP contribution < -0.4 is 9.47 Å². The first-order chi connectivity index (χ1) is 12.5. The minimum Gasteiger partial charge on any atom is -0.504 e. The van der Waals surface area contributed by atoms with Crippen molar-refractivity contribution in [1.29, 1.82) is 0 Å². The van der Waals surface area contributed by atoms with E-state index in [4.69, 9.17) is 14.6 Å². The minimum atomic E-state index is -1.44. The van der Waals surface area contributed by atoms with Crippen LogP contribution in [0.5, 0.6) is 17.2 Å². The summed E-state index contributed by atoms with van der Waals surface area (Å²) in [7, 11) is 0. The molecular weight excluding hydrogens is 332 g/mol. The first kappa shape index (κ1) is 22.1. The first-order valence-electron chi connectivity index (χ1n) is 9.94. The second-order valence-electron chi connectivity index (χ2n) is 6.62. The number of benzene rings is 1. The zero-order chi connectivity index (χ0) is 19.5. The van der Waals surface area contributed by atoms with Crippen LogP contribution in [0.25, 0.3) is 0 Å². The number of aromatic hydroxyl groups is 1. The summed E-state index contributed by atoms with van der Waals surface area (Å²) in [5, 5.41) is 19.9. The Hall–Kier alpha value is -1.91. The maximum Gasteiger partial charge on any atom is 0.511 e. The van der Waals surface area contributed by atoms with Gasteiger partial charge in [-0.25, -0.2) is 4.79 Å². The lowest BCUT2D eigenvalue weighted by Crippen LogP contribution is -2.12. The minimum absolute atomic E-state index is 0.0410. The number of carbonyl (C=O) groups is 1. The molecule has 1 aromatic carbocycles. The predicted molar refractivity (Wildman–Crippen MR) is 104 cm³/mol. The third-order valence-corrected chi connectivity index (χ3v) is 4.39. The Kier molecular flexibility index (Phi) is 9.92. The summed E-state index contributed by atoms with van der Waals surface area (Å²) in [4.78, 5) is 11.2. The summed E-state index contributed by atoms with van der Waals surface area (Å²) in [6.07, 6.45) is 6.56. The molecule has 0 aliphatic heterocycles. The molecule has 0 amide bonds. The van der Waals surface area contributed by atoms with Gasteiger partial charge < -0.3 is 19.7 Å². The van der Waals surface area contributed by atoms with Crippen LogP contribution in [0.4, 0.5) is 4.79 Å². The first-order valence-corrected chi connectivity index (χ1v) is 9.94. The molecule has 5 nitrogen and oxygen atoms in total. The van der Waals surface area contributed by atoms with E-state index in [9.17, 15) is 9.90 Å². The molecular formula is C21H34O5. The van der Waals surface area contributed by atoms with Gasteiger partial charge in [0.2, 0.25) is 5.75 Å². The summed E-state index contributed by atoms with van der Waals surface area (Å²) in [6, 6.07) is 0. The standard InChI is InChI=1S/C21H34O5/c1-5-9-10-14-25-19-17(13-8-4)15(11-6-2)16(12-7-3)18(22)20(19)26-21(23)24/h22H,5-14H2,1-4H3,(H,23,24). The summed E-state index contributed by atoms with van der Waals surface area (Å²) < 4.78 is 11.0. The van der Waals surface area contributed by atoms with Gasteiger partial charge in [-0.15, -0.1) is 0 Å². The molecule has 0 aliphatic carbocycles. The average molecular weight is 366 g/mol. The molecule has 26 heavy (non-hydrogen) atoms. The lowest BCUT2D eigenvalue weighted by atomic mass is 9.90. The van der Waals surface area contributed by atoms with Gasteiger partial charge in [0.25, 0.3) is 0 Å². The molecule has 0 aliphatic rings. The van der Waals surface area contributed by atoms with Gasteiger partial charge in [-0.2, -0.15) is 0 Å². The highest BCUT2D eigenvalue weighted by Crippen LogP contribution is 2.46. The van der Waals surface area contributed by atoms with E-state index in [0.29, 0.717) is 18.8 Å². The molecule has 0 aromatic heterocycles. The van der Waals surface area contributed by atoms with Crippen molar-refractivity contribution >= 4 is 6.16 Å². The van der Waals surface area contributed by atoms with Crippen molar-refractivity contribution in [2.24, 2.45) is 0 Å². The number of carboxylic acid groups (broad SMARTS) is 1. The maximum atomic E-state index is 11.2. The molecule has 1 aromatic rings. The van der Waals surface area contributed by atoms with E-state index < -0.39 is 6.16 Å². The fraction of sp³-hybridized carbons (Fsp3) is 0.667. The molecule has 0 saturated heterocycles. The van der Waals surface area contributed by atoms with E-state index in [-0.39, 0.29) is 11.5 Å². The number of unbranched alkanes of at least 4 members (excludes halogenated alkanes) is 2. The van der Waals surface area contributed by atoms with Gasteiger partial charge in [0, 0.05) is 11.1 Å². The number of hydrogen-bond acceptors (Lipinski definition) is 4. The van der Waals surface area contributed by atoms with Crippen LogP contribution in [0.3, 0.4) is 0 Å². The van der Waals surface area contributed by atoms with Gasteiger partial charge in [-0.1, -0.05) is 59.8 Å². The monoisotopic (exact) mass is 366 g/mol. The smallest absolute Gasteiger partial charge is 0.504 e. The van der Waals surface area contributed by atoms with Gasteiger partial charge in [-0.05, 0) is 31.2 Å². The van der Waals surface area contributed by atoms with Gasteiger partial charge in [0.1, 0.15) is 0 Å². The average Bonchev–Trinajstić information content (AvgIpc) is 2.60. The van der Waals surface area contributed by atoms with Gasteiger partial charge in [0.15, 0.2) is 11.5 Å². The quantitative estimate of drug-likeness (QED) is 0.275. The van der Waals surface area contributed by atoms with Crippen molar-refractivity contribution < 1.29 is 24.5 Å². The number of rotatable bonds is 12. The molecule has 0 spiro atoms. The summed E-state index contributed by atoms with van der Waals surface area (Å²) in [5.41, 5.74) is 2.88. The fourth-order valence-corrected chi connectivity index (χ4v) is 3.29. The highest BCUT2D eigenvalue weighted by Gasteiger charge is 2.26. The molecule has 0 radical (unpaired) electrons. The molecule has 5 heteroatoms. The Labute approximate surface area is 157 Å². The van der Waals surface area contributed by atoms with Crippen molar-refractivity contribution in [3.8, 4) is 17.2 Å². The number of phenolic OH excluding ortho intramolecular Hbond substituents is 1. The van der Waals surface area contributed by atoms with Crippen LogP contribution >= 0.6 is 0 Å². The molecule has 0 bridgehead atoms. The summed E-state index contributed by atoms with van der Waals surface area (Å²) in [5.74, 6) is 0.287. The molecule has 148 valence electrons.